The monoisotopic (exact) mass is 249 g/mol. The minimum Gasteiger partial charge on any atom is -0.497 e. The number of rotatable bonds is 2. The van der Waals surface area contributed by atoms with Crippen LogP contribution in [0.5, 0.6) is 5.75 Å². The highest BCUT2D eigenvalue weighted by Crippen LogP contribution is 2.45. The van der Waals surface area contributed by atoms with Gasteiger partial charge in [-0.15, -0.1) is 0 Å². The molecule has 1 heterocycles. The first-order valence-electron chi connectivity index (χ1n) is 6.48. The molecule has 1 fully saturated rings. The van der Waals surface area contributed by atoms with Crippen LogP contribution in [0.25, 0.3) is 0 Å². The van der Waals surface area contributed by atoms with Gasteiger partial charge in [0.15, 0.2) is 0 Å². The number of nitrogens with one attached hydrogen (secondary N) is 1. The van der Waals surface area contributed by atoms with Crippen LogP contribution >= 0.6 is 11.8 Å². The van der Waals surface area contributed by atoms with E-state index in [0.29, 0.717) is 5.37 Å². The van der Waals surface area contributed by atoms with Crippen LogP contribution in [-0.4, -0.2) is 12.5 Å². The molecule has 1 saturated carbocycles. The summed E-state index contributed by atoms with van der Waals surface area (Å²) in [6.45, 7) is 0. The van der Waals surface area contributed by atoms with Crippen LogP contribution in [-0.2, 0) is 0 Å². The van der Waals surface area contributed by atoms with Gasteiger partial charge in [0, 0.05) is 10.6 Å². The number of hydrogen-bond donors (Lipinski definition) is 1. The predicted molar refractivity (Wildman–Crippen MR) is 72.8 cm³/mol. The van der Waals surface area contributed by atoms with E-state index < -0.39 is 0 Å². The van der Waals surface area contributed by atoms with Gasteiger partial charge in [-0.25, -0.2) is 0 Å². The van der Waals surface area contributed by atoms with Crippen LogP contribution in [0.3, 0.4) is 0 Å². The van der Waals surface area contributed by atoms with Gasteiger partial charge >= 0.3 is 0 Å². The summed E-state index contributed by atoms with van der Waals surface area (Å²) in [5.74, 6) is 1.80. The van der Waals surface area contributed by atoms with Crippen molar-refractivity contribution in [3.05, 3.63) is 18.2 Å². The Morgan fingerprint density at radius 3 is 2.82 bits per heavy atom. The number of benzene rings is 1. The third kappa shape index (κ3) is 2.25. The first-order valence-corrected chi connectivity index (χ1v) is 7.36. The maximum Gasteiger partial charge on any atom is 0.120 e. The third-order valence-corrected chi connectivity index (χ3v) is 5.17. The highest BCUT2D eigenvalue weighted by molar-refractivity contribution is 8.00. The van der Waals surface area contributed by atoms with Gasteiger partial charge in [-0.05, 0) is 37.0 Å². The Balaban J connectivity index is 1.73. The zero-order valence-corrected chi connectivity index (χ0v) is 11.1. The zero-order chi connectivity index (χ0) is 11.7. The molecule has 3 rings (SSSR count). The van der Waals surface area contributed by atoms with Crippen molar-refractivity contribution in [3.8, 4) is 5.75 Å². The normalized spacial score (nSPS) is 24.2. The standard InChI is InChI=1S/C14H19NOS/c1-16-11-7-8-12-13(9-11)17-14(15-12)10-5-3-2-4-6-10/h7-10,14-15H,2-6H2,1H3. The molecular weight excluding hydrogens is 230 g/mol. The molecule has 0 aromatic heterocycles. The van der Waals surface area contributed by atoms with E-state index in [-0.39, 0.29) is 0 Å². The van der Waals surface area contributed by atoms with E-state index in [0.717, 1.165) is 11.7 Å². The van der Waals surface area contributed by atoms with Crippen molar-refractivity contribution in [3.63, 3.8) is 0 Å². The van der Waals surface area contributed by atoms with Crippen LogP contribution in [0.4, 0.5) is 5.69 Å². The molecular formula is C14H19NOS. The smallest absolute Gasteiger partial charge is 0.120 e. The number of hydrogen-bond acceptors (Lipinski definition) is 3. The molecule has 1 aromatic carbocycles. The molecule has 1 unspecified atom stereocenters. The van der Waals surface area contributed by atoms with Gasteiger partial charge in [-0.2, -0.15) is 0 Å². The molecule has 0 spiro atoms. The summed E-state index contributed by atoms with van der Waals surface area (Å²) < 4.78 is 5.28. The van der Waals surface area contributed by atoms with E-state index in [4.69, 9.17) is 4.74 Å². The topological polar surface area (TPSA) is 21.3 Å². The molecule has 2 aliphatic rings. The zero-order valence-electron chi connectivity index (χ0n) is 10.2. The molecule has 1 atom stereocenters. The summed E-state index contributed by atoms with van der Waals surface area (Å²) in [5.41, 5.74) is 1.28. The Labute approximate surface area is 107 Å². The average Bonchev–Trinajstić information content (AvgIpc) is 2.82. The van der Waals surface area contributed by atoms with Crippen molar-refractivity contribution >= 4 is 17.4 Å². The minimum absolute atomic E-state index is 0.581. The molecule has 1 aliphatic heterocycles. The Kier molecular flexibility index (Phi) is 3.19. The highest BCUT2D eigenvalue weighted by atomic mass is 32.2. The number of thioether (sulfide) groups is 1. The Morgan fingerprint density at radius 1 is 1.24 bits per heavy atom. The fourth-order valence-electron chi connectivity index (χ4n) is 2.82. The molecule has 0 bridgehead atoms. The van der Waals surface area contributed by atoms with Gasteiger partial charge in [0.2, 0.25) is 0 Å². The number of ether oxygens (including phenoxy) is 1. The predicted octanol–water partition coefficient (Wildman–Crippen LogP) is 4.12. The lowest BCUT2D eigenvalue weighted by Crippen LogP contribution is -2.24. The SMILES string of the molecule is COc1ccc2c(c1)SC(C1CCCCC1)N2. The van der Waals surface area contributed by atoms with Gasteiger partial charge in [0.05, 0.1) is 12.5 Å². The van der Waals surface area contributed by atoms with E-state index >= 15 is 0 Å². The summed E-state index contributed by atoms with van der Waals surface area (Å²) in [4.78, 5) is 1.35. The van der Waals surface area contributed by atoms with Gasteiger partial charge in [-0.1, -0.05) is 31.0 Å². The summed E-state index contributed by atoms with van der Waals surface area (Å²) in [5, 5.41) is 4.24. The van der Waals surface area contributed by atoms with Crippen LogP contribution < -0.4 is 10.1 Å². The van der Waals surface area contributed by atoms with Crippen molar-refractivity contribution in [1.29, 1.82) is 0 Å². The summed E-state index contributed by atoms with van der Waals surface area (Å²) in [7, 11) is 1.73. The molecule has 17 heavy (non-hydrogen) atoms. The molecule has 92 valence electrons. The average molecular weight is 249 g/mol. The van der Waals surface area contributed by atoms with E-state index in [1.807, 2.05) is 17.8 Å². The molecule has 2 nitrogen and oxygen atoms in total. The molecule has 0 radical (unpaired) electrons. The largest absolute Gasteiger partial charge is 0.497 e. The lowest BCUT2D eigenvalue weighted by Gasteiger charge is -2.26. The van der Waals surface area contributed by atoms with Gasteiger partial charge in [0.1, 0.15) is 5.75 Å². The number of methoxy groups -OCH3 is 1. The molecule has 0 amide bonds. The summed E-state index contributed by atoms with van der Waals surface area (Å²) in [6, 6.07) is 6.33. The molecule has 3 heteroatoms. The Hall–Kier alpha value is -0.830. The molecule has 1 aliphatic carbocycles. The van der Waals surface area contributed by atoms with Crippen LogP contribution in [0.2, 0.25) is 0 Å². The maximum atomic E-state index is 5.28. The van der Waals surface area contributed by atoms with Crippen molar-refractivity contribution in [2.45, 2.75) is 42.4 Å². The van der Waals surface area contributed by atoms with Gasteiger partial charge < -0.3 is 10.1 Å². The highest BCUT2D eigenvalue weighted by Gasteiger charge is 2.29. The van der Waals surface area contributed by atoms with Crippen molar-refractivity contribution < 1.29 is 4.74 Å². The van der Waals surface area contributed by atoms with Gasteiger partial charge in [-0.3, -0.25) is 0 Å². The van der Waals surface area contributed by atoms with Crippen molar-refractivity contribution in [2.75, 3.05) is 12.4 Å². The quantitative estimate of drug-likeness (QED) is 0.852. The molecule has 0 saturated heterocycles. The van der Waals surface area contributed by atoms with E-state index in [1.165, 1.54) is 42.7 Å². The van der Waals surface area contributed by atoms with Crippen molar-refractivity contribution in [2.24, 2.45) is 5.92 Å². The second kappa shape index (κ2) is 4.81. The summed E-state index contributed by atoms with van der Waals surface area (Å²) >= 11 is 1.98. The fourth-order valence-corrected chi connectivity index (χ4v) is 4.18. The van der Waals surface area contributed by atoms with Crippen LogP contribution in [0.15, 0.2) is 23.1 Å². The first-order chi connectivity index (χ1) is 8.36. The second-order valence-corrected chi connectivity index (χ2v) is 6.13. The second-order valence-electron chi connectivity index (χ2n) is 4.94. The molecule has 1 aromatic rings. The molecule has 1 N–H and O–H groups in total. The van der Waals surface area contributed by atoms with Crippen LogP contribution in [0.1, 0.15) is 32.1 Å². The lowest BCUT2D eigenvalue weighted by molar-refractivity contribution is 0.361. The summed E-state index contributed by atoms with van der Waals surface area (Å²) in [6.07, 6.45) is 7.01. The lowest BCUT2D eigenvalue weighted by atomic mass is 9.89. The first kappa shape index (κ1) is 11.3. The van der Waals surface area contributed by atoms with E-state index in [9.17, 15) is 0 Å². The maximum absolute atomic E-state index is 5.28. The number of anilines is 1. The Bertz CT molecular complexity index is 401. The van der Waals surface area contributed by atoms with E-state index in [1.54, 1.807) is 7.11 Å². The van der Waals surface area contributed by atoms with Crippen molar-refractivity contribution in [1.82, 2.24) is 0 Å². The van der Waals surface area contributed by atoms with E-state index in [2.05, 4.69) is 17.4 Å². The van der Waals surface area contributed by atoms with Crippen LogP contribution in [0, 0.1) is 5.92 Å². The third-order valence-electron chi connectivity index (χ3n) is 3.82. The fraction of sp³-hybridized carbons (Fsp3) is 0.571. The minimum atomic E-state index is 0.581. The van der Waals surface area contributed by atoms with Gasteiger partial charge in [0.25, 0.3) is 0 Å². The Morgan fingerprint density at radius 2 is 2.06 bits per heavy atom. The number of fused-ring (bicyclic) bond motifs is 1.